The Balaban J connectivity index is 3.36. The van der Waals surface area contributed by atoms with Gasteiger partial charge in [-0.05, 0) is 12.1 Å². The summed E-state index contributed by atoms with van der Waals surface area (Å²) >= 11 is 5.72. The molecule has 0 atom stereocenters. The normalized spacial score (nSPS) is 12.1. The molecule has 96 valence electrons. The van der Waals surface area contributed by atoms with Gasteiger partial charge in [-0.1, -0.05) is 11.6 Å². The molecule has 0 aliphatic rings. The SMILES string of the molecule is CN(C)NS(=O)(=O)c1cc(Cl)cc(CN)c1F. The van der Waals surface area contributed by atoms with Crippen LogP contribution in [0, 0.1) is 5.82 Å². The molecule has 0 saturated heterocycles. The van der Waals surface area contributed by atoms with E-state index in [0.29, 0.717) is 0 Å². The van der Waals surface area contributed by atoms with Crippen molar-refractivity contribution in [3.63, 3.8) is 0 Å². The summed E-state index contributed by atoms with van der Waals surface area (Å²) in [5, 5.41) is 1.31. The molecule has 8 heteroatoms. The van der Waals surface area contributed by atoms with Crippen molar-refractivity contribution in [3.8, 4) is 0 Å². The second kappa shape index (κ2) is 5.28. The smallest absolute Gasteiger partial charge is 0.256 e. The van der Waals surface area contributed by atoms with Crippen molar-refractivity contribution in [2.45, 2.75) is 11.4 Å². The maximum atomic E-state index is 13.8. The molecule has 0 saturated carbocycles. The molecule has 0 unspecified atom stereocenters. The topological polar surface area (TPSA) is 75.4 Å². The van der Waals surface area contributed by atoms with E-state index in [0.717, 1.165) is 6.07 Å². The fraction of sp³-hybridized carbons (Fsp3) is 0.333. The molecule has 0 spiro atoms. The molecule has 0 amide bonds. The summed E-state index contributed by atoms with van der Waals surface area (Å²) < 4.78 is 37.4. The van der Waals surface area contributed by atoms with Crippen LogP contribution >= 0.6 is 11.6 Å². The van der Waals surface area contributed by atoms with Crippen molar-refractivity contribution in [3.05, 3.63) is 28.5 Å². The molecule has 0 heterocycles. The van der Waals surface area contributed by atoms with Crippen LogP contribution in [0.15, 0.2) is 17.0 Å². The van der Waals surface area contributed by atoms with Gasteiger partial charge in [0.1, 0.15) is 10.7 Å². The Morgan fingerprint density at radius 3 is 2.53 bits per heavy atom. The summed E-state index contributed by atoms with van der Waals surface area (Å²) in [5.41, 5.74) is 5.36. The molecule has 1 aromatic rings. The highest BCUT2D eigenvalue weighted by atomic mass is 35.5. The lowest BCUT2D eigenvalue weighted by atomic mass is 10.2. The van der Waals surface area contributed by atoms with Gasteiger partial charge in [-0.15, -0.1) is 4.83 Å². The molecule has 17 heavy (non-hydrogen) atoms. The van der Waals surface area contributed by atoms with Crippen LogP contribution in [0.1, 0.15) is 5.56 Å². The van der Waals surface area contributed by atoms with E-state index in [1.54, 1.807) is 0 Å². The summed E-state index contributed by atoms with van der Waals surface area (Å²) in [6, 6.07) is 2.34. The molecular formula is C9H13ClFN3O2S. The number of nitrogens with two attached hydrogens (primary N) is 1. The fourth-order valence-corrected chi connectivity index (χ4v) is 2.79. The van der Waals surface area contributed by atoms with Gasteiger partial charge in [-0.2, -0.15) is 0 Å². The molecule has 0 aliphatic carbocycles. The highest BCUT2D eigenvalue weighted by Gasteiger charge is 2.22. The minimum Gasteiger partial charge on any atom is -0.326 e. The van der Waals surface area contributed by atoms with E-state index < -0.39 is 20.7 Å². The van der Waals surface area contributed by atoms with E-state index in [2.05, 4.69) is 4.83 Å². The minimum atomic E-state index is -3.98. The van der Waals surface area contributed by atoms with Crippen LogP contribution in [-0.2, 0) is 16.6 Å². The zero-order valence-electron chi connectivity index (χ0n) is 9.37. The van der Waals surface area contributed by atoms with Gasteiger partial charge in [0.05, 0.1) is 0 Å². The maximum absolute atomic E-state index is 13.8. The third-order valence-corrected chi connectivity index (χ3v) is 3.59. The van der Waals surface area contributed by atoms with Gasteiger partial charge >= 0.3 is 0 Å². The van der Waals surface area contributed by atoms with Crippen LogP contribution in [0.2, 0.25) is 5.02 Å². The number of hydrazine groups is 1. The van der Waals surface area contributed by atoms with Gasteiger partial charge in [-0.25, -0.2) is 17.8 Å². The molecule has 1 aromatic carbocycles. The molecule has 0 aromatic heterocycles. The van der Waals surface area contributed by atoms with Gasteiger partial charge in [0.25, 0.3) is 10.0 Å². The van der Waals surface area contributed by atoms with E-state index in [-0.39, 0.29) is 17.1 Å². The summed E-state index contributed by atoms with van der Waals surface area (Å²) in [6.45, 7) is -0.128. The quantitative estimate of drug-likeness (QED) is 0.797. The zero-order valence-corrected chi connectivity index (χ0v) is 10.9. The van der Waals surface area contributed by atoms with Crippen molar-refractivity contribution in [2.75, 3.05) is 14.1 Å². The Kier molecular flexibility index (Phi) is 4.45. The molecule has 0 bridgehead atoms. The van der Waals surface area contributed by atoms with E-state index in [4.69, 9.17) is 17.3 Å². The number of hydrogen-bond donors (Lipinski definition) is 2. The van der Waals surface area contributed by atoms with E-state index in [9.17, 15) is 12.8 Å². The molecule has 0 radical (unpaired) electrons. The number of hydrogen-bond acceptors (Lipinski definition) is 4. The van der Waals surface area contributed by atoms with Crippen LogP contribution in [0.3, 0.4) is 0 Å². The predicted octanol–water partition coefficient (Wildman–Crippen LogP) is 0.693. The largest absolute Gasteiger partial charge is 0.326 e. The lowest BCUT2D eigenvalue weighted by Gasteiger charge is -2.14. The van der Waals surface area contributed by atoms with E-state index >= 15 is 0 Å². The molecule has 0 aliphatic heterocycles. The van der Waals surface area contributed by atoms with Crippen molar-refractivity contribution in [2.24, 2.45) is 5.73 Å². The number of nitrogens with zero attached hydrogens (tertiary/aromatic N) is 1. The van der Waals surface area contributed by atoms with Gasteiger partial charge in [0, 0.05) is 31.2 Å². The summed E-state index contributed by atoms with van der Waals surface area (Å²) in [4.78, 5) is 1.61. The number of halogens is 2. The summed E-state index contributed by atoms with van der Waals surface area (Å²) in [6.07, 6.45) is 0. The van der Waals surface area contributed by atoms with Crippen LogP contribution in [0.4, 0.5) is 4.39 Å². The fourth-order valence-electron chi connectivity index (χ4n) is 1.25. The summed E-state index contributed by atoms with van der Waals surface area (Å²) in [7, 11) is -1.03. The van der Waals surface area contributed by atoms with Crippen molar-refractivity contribution in [1.29, 1.82) is 0 Å². The van der Waals surface area contributed by atoms with Gasteiger partial charge in [-0.3, -0.25) is 0 Å². The molecular weight excluding hydrogens is 269 g/mol. The average Bonchev–Trinajstić information content (AvgIpc) is 2.18. The van der Waals surface area contributed by atoms with Crippen molar-refractivity contribution >= 4 is 21.6 Å². The Hall–Kier alpha value is -0.730. The van der Waals surface area contributed by atoms with Crippen molar-refractivity contribution < 1.29 is 12.8 Å². The Morgan fingerprint density at radius 2 is 2.06 bits per heavy atom. The first kappa shape index (κ1) is 14.3. The predicted molar refractivity (Wildman–Crippen MR) is 63.3 cm³/mol. The van der Waals surface area contributed by atoms with Crippen LogP contribution in [0.25, 0.3) is 0 Å². The highest BCUT2D eigenvalue weighted by molar-refractivity contribution is 7.89. The molecule has 5 nitrogen and oxygen atoms in total. The average molecular weight is 282 g/mol. The van der Waals surface area contributed by atoms with Crippen LogP contribution in [-0.4, -0.2) is 27.5 Å². The highest BCUT2D eigenvalue weighted by Crippen LogP contribution is 2.23. The molecule has 3 N–H and O–H groups in total. The van der Waals surface area contributed by atoms with E-state index in [1.165, 1.54) is 25.2 Å². The van der Waals surface area contributed by atoms with Gasteiger partial charge < -0.3 is 5.73 Å². The summed E-state index contributed by atoms with van der Waals surface area (Å²) in [5.74, 6) is -0.883. The van der Waals surface area contributed by atoms with E-state index in [1.807, 2.05) is 0 Å². The van der Waals surface area contributed by atoms with Crippen LogP contribution < -0.4 is 10.6 Å². The van der Waals surface area contributed by atoms with Gasteiger partial charge in [0.15, 0.2) is 0 Å². The van der Waals surface area contributed by atoms with Crippen molar-refractivity contribution in [1.82, 2.24) is 9.84 Å². The monoisotopic (exact) mass is 281 g/mol. The second-order valence-corrected chi connectivity index (χ2v) is 5.64. The number of rotatable bonds is 4. The lowest BCUT2D eigenvalue weighted by molar-refractivity contribution is 0.362. The third kappa shape index (κ3) is 3.36. The van der Waals surface area contributed by atoms with Gasteiger partial charge in [0.2, 0.25) is 0 Å². The lowest BCUT2D eigenvalue weighted by Crippen LogP contribution is -2.36. The Morgan fingerprint density at radius 1 is 1.47 bits per heavy atom. The Labute approximate surface area is 104 Å². The minimum absolute atomic E-state index is 0.0524. The first-order chi connectivity index (χ1) is 7.77. The standard InChI is InChI=1S/C9H13ClFN3O2S/c1-14(2)13-17(15,16)8-4-7(10)3-6(5-12)9(8)11/h3-4,13H,5,12H2,1-2H3. The number of nitrogens with one attached hydrogen (secondary N) is 1. The molecule has 0 fully saturated rings. The zero-order chi connectivity index (χ0) is 13.2. The first-order valence-electron chi connectivity index (χ1n) is 4.65. The number of sulfonamides is 1. The number of benzene rings is 1. The maximum Gasteiger partial charge on any atom is 0.256 e. The third-order valence-electron chi connectivity index (χ3n) is 1.89. The second-order valence-electron chi connectivity index (χ2n) is 3.57. The Bertz CT molecular complexity index is 519. The first-order valence-corrected chi connectivity index (χ1v) is 6.52. The van der Waals surface area contributed by atoms with Crippen LogP contribution in [0.5, 0.6) is 0 Å². The molecule has 1 rings (SSSR count).